The summed E-state index contributed by atoms with van der Waals surface area (Å²) in [6.45, 7) is 6.62. The van der Waals surface area contributed by atoms with Gasteiger partial charge < -0.3 is 9.88 Å². The molecule has 2 nitrogen and oxygen atoms in total. The summed E-state index contributed by atoms with van der Waals surface area (Å²) < 4.78 is 2.41. The average molecular weight is 305 g/mol. The fourth-order valence-corrected chi connectivity index (χ4v) is 3.17. The van der Waals surface area contributed by atoms with Crippen molar-refractivity contribution in [2.75, 3.05) is 0 Å². The second kappa shape index (κ2) is 6.41. The van der Waals surface area contributed by atoms with Crippen molar-refractivity contribution >= 4 is 22.5 Å². The summed E-state index contributed by atoms with van der Waals surface area (Å²) in [5, 5.41) is 5.80. The molecule has 2 aromatic rings. The molecule has 114 valence electrons. The van der Waals surface area contributed by atoms with Crippen LogP contribution in [0.25, 0.3) is 10.9 Å². The molecule has 0 radical (unpaired) electrons. The normalized spacial score (nSPS) is 15.2. The number of fused-ring (bicyclic) bond motifs is 1. The number of nitrogens with one attached hydrogen (secondary N) is 1. The smallest absolute Gasteiger partial charge is 0.0498 e. The van der Waals surface area contributed by atoms with E-state index in [4.69, 9.17) is 11.6 Å². The van der Waals surface area contributed by atoms with Gasteiger partial charge in [-0.15, -0.1) is 0 Å². The van der Waals surface area contributed by atoms with Crippen LogP contribution in [0.2, 0.25) is 5.02 Å². The van der Waals surface area contributed by atoms with Crippen LogP contribution in [-0.2, 0) is 13.1 Å². The van der Waals surface area contributed by atoms with Crippen molar-refractivity contribution in [1.82, 2.24) is 9.88 Å². The predicted octanol–water partition coefficient (Wildman–Crippen LogP) is 4.98. The van der Waals surface area contributed by atoms with Crippen LogP contribution in [-0.4, -0.2) is 10.6 Å². The van der Waals surface area contributed by atoms with E-state index in [9.17, 15) is 0 Å². The van der Waals surface area contributed by atoms with Crippen molar-refractivity contribution in [2.24, 2.45) is 5.92 Å². The fourth-order valence-electron chi connectivity index (χ4n) is 3.00. The molecule has 1 aromatic heterocycles. The van der Waals surface area contributed by atoms with Crippen LogP contribution in [0.5, 0.6) is 0 Å². The molecule has 1 aliphatic carbocycles. The SMILES string of the molecule is CCC(CC)Cn1cc(CNC2CC2)c2ccc(Cl)cc21. The first-order valence-electron chi connectivity index (χ1n) is 8.21. The van der Waals surface area contributed by atoms with Gasteiger partial charge >= 0.3 is 0 Å². The van der Waals surface area contributed by atoms with E-state index in [1.54, 1.807) is 0 Å². The molecule has 1 N–H and O–H groups in total. The highest BCUT2D eigenvalue weighted by atomic mass is 35.5. The van der Waals surface area contributed by atoms with E-state index in [0.29, 0.717) is 0 Å². The van der Waals surface area contributed by atoms with E-state index in [1.807, 2.05) is 6.07 Å². The topological polar surface area (TPSA) is 17.0 Å². The average Bonchev–Trinajstić information content (AvgIpc) is 3.26. The molecule has 3 rings (SSSR count). The van der Waals surface area contributed by atoms with Crippen molar-refractivity contribution in [3.8, 4) is 0 Å². The number of nitrogens with zero attached hydrogens (tertiary/aromatic N) is 1. The van der Waals surface area contributed by atoms with Crippen LogP contribution in [0.3, 0.4) is 0 Å². The van der Waals surface area contributed by atoms with Gasteiger partial charge in [0.15, 0.2) is 0 Å². The minimum atomic E-state index is 0.740. The molecular formula is C18H25ClN2. The van der Waals surface area contributed by atoms with Gasteiger partial charge in [0.25, 0.3) is 0 Å². The summed E-state index contributed by atoms with van der Waals surface area (Å²) in [7, 11) is 0. The van der Waals surface area contributed by atoms with Gasteiger partial charge in [0.05, 0.1) is 0 Å². The number of halogens is 1. The molecule has 1 heterocycles. The highest BCUT2D eigenvalue weighted by molar-refractivity contribution is 6.31. The Morgan fingerprint density at radius 3 is 2.71 bits per heavy atom. The maximum absolute atomic E-state index is 6.21. The lowest BCUT2D eigenvalue weighted by molar-refractivity contribution is 0.425. The zero-order valence-corrected chi connectivity index (χ0v) is 13.8. The minimum absolute atomic E-state index is 0.740. The van der Waals surface area contributed by atoms with Crippen molar-refractivity contribution < 1.29 is 0 Å². The molecule has 1 aliphatic rings. The van der Waals surface area contributed by atoms with Crippen LogP contribution in [0, 0.1) is 5.92 Å². The molecule has 0 spiro atoms. The lowest BCUT2D eigenvalue weighted by Gasteiger charge is -2.14. The number of aromatic nitrogens is 1. The standard InChI is InChI=1S/C18H25ClN2/c1-3-13(4-2)11-21-12-14(10-20-16-6-7-16)17-8-5-15(19)9-18(17)21/h5,8-9,12-13,16,20H,3-4,6-7,10-11H2,1-2H3. The highest BCUT2D eigenvalue weighted by Gasteiger charge is 2.21. The van der Waals surface area contributed by atoms with Gasteiger partial charge in [-0.2, -0.15) is 0 Å². The maximum Gasteiger partial charge on any atom is 0.0498 e. The van der Waals surface area contributed by atoms with Crippen LogP contribution in [0.1, 0.15) is 45.1 Å². The third kappa shape index (κ3) is 3.44. The summed E-state index contributed by atoms with van der Waals surface area (Å²) in [5.74, 6) is 0.740. The van der Waals surface area contributed by atoms with Gasteiger partial charge in [-0.1, -0.05) is 44.4 Å². The van der Waals surface area contributed by atoms with Gasteiger partial charge in [-0.3, -0.25) is 0 Å². The molecule has 0 saturated heterocycles. The summed E-state index contributed by atoms with van der Waals surface area (Å²) >= 11 is 6.21. The second-order valence-electron chi connectivity index (χ2n) is 6.31. The molecule has 0 amide bonds. The first kappa shape index (κ1) is 14.9. The Morgan fingerprint density at radius 2 is 2.05 bits per heavy atom. The third-order valence-corrected chi connectivity index (χ3v) is 4.93. The quantitative estimate of drug-likeness (QED) is 0.763. The molecule has 3 heteroatoms. The zero-order chi connectivity index (χ0) is 14.8. The fraction of sp³-hybridized carbons (Fsp3) is 0.556. The zero-order valence-electron chi connectivity index (χ0n) is 13.0. The highest BCUT2D eigenvalue weighted by Crippen LogP contribution is 2.28. The van der Waals surface area contributed by atoms with E-state index in [2.05, 4.69) is 42.1 Å². The van der Waals surface area contributed by atoms with Gasteiger partial charge in [0, 0.05) is 41.3 Å². The van der Waals surface area contributed by atoms with Gasteiger partial charge in [-0.05, 0) is 36.5 Å². The Labute approximate surface area is 132 Å². The Kier molecular flexibility index (Phi) is 4.56. The largest absolute Gasteiger partial charge is 0.347 e. The Hall–Kier alpha value is -0.990. The van der Waals surface area contributed by atoms with E-state index in [0.717, 1.165) is 30.1 Å². The minimum Gasteiger partial charge on any atom is -0.347 e. The molecule has 1 aromatic carbocycles. The van der Waals surface area contributed by atoms with E-state index >= 15 is 0 Å². The third-order valence-electron chi connectivity index (χ3n) is 4.69. The Morgan fingerprint density at radius 1 is 1.29 bits per heavy atom. The van der Waals surface area contributed by atoms with Gasteiger partial charge in [0.2, 0.25) is 0 Å². The maximum atomic E-state index is 6.21. The molecule has 1 fully saturated rings. The van der Waals surface area contributed by atoms with E-state index < -0.39 is 0 Å². The van der Waals surface area contributed by atoms with Crippen LogP contribution in [0.15, 0.2) is 24.4 Å². The molecule has 0 aliphatic heterocycles. The summed E-state index contributed by atoms with van der Waals surface area (Å²) in [6, 6.07) is 7.03. The lowest BCUT2D eigenvalue weighted by Crippen LogP contribution is -2.15. The first-order valence-corrected chi connectivity index (χ1v) is 8.59. The monoisotopic (exact) mass is 304 g/mol. The van der Waals surface area contributed by atoms with Crippen molar-refractivity contribution in [3.63, 3.8) is 0 Å². The molecule has 0 unspecified atom stereocenters. The Bertz CT molecular complexity index is 609. The van der Waals surface area contributed by atoms with Crippen LogP contribution in [0.4, 0.5) is 0 Å². The summed E-state index contributed by atoms with van der Waals surface area (Å²) in [5.41, 5.74) is 2.68. The van der Waals surface area contributed by atoms with E-state index in [1.165, 1.54) is 42.1 Å². The Balaban J connectivity index is 1.91. The van der Waals surface area contributed by atoms with Crippen LogP contribution >= 0.6 is 11.6 Å². The summed E-state index contributed by atoms with van der Waals surface area (Å²) in [4.78, 5) is 0. The molecule has 21 heavy (non-hydrogen) atoms. The van der Waals surface area contributed by atoms with E-state index in [-0.39, 0.29) is 0 Å². The van der Waals surface area contributed by atoms with Crippen molar-refractivity contribution in [1.29, 1.82) is 0 Å². The van der Waals surface area contributed by atoms with Crippen molar-refractivity contribution in [3.05, 3.63) is 35.0 Å². The number of hydrogen-bond acceptors (Lipinski definition) is 1. The number of benzene rings is 1. The van der Waals surface area contributed by atoms with Crippen molar-refractivity contribution in [2.45, 2.75) is 58.7 Å². The predicted molar refractivity (Wildman–Crippen MR) is 90.9 cm³/mol. The molecule has 0 atom stereocenters. The number of hydrogen-bond donors (Lipinski definition) is 1. The van der Waals surface area contributed by atoms with Gasteiger partial charge in [-0.25, -0.2) is 0 Å². The molecule has 1 saturated carbocycles. The number of rotatable bonds is 7. The first-order chi connectivity index (χ1) is 10.2. The lowest BCUT2D eigenvalue weighted by atomic mass is 10.0. The van der Waals surface area contributed by atoms with Crippen LogP contribution < -0.4 is 5.32 Å². The molecule has 0 bridgehead atoms. The van der Waals surface area contributed by atoms with Gasteiger partial charge in [0.1, 0.15) is 0 Å². The molecular weight excluding hydrogens is 280 g/mol. The summed E-state index contributed by atoms with van der Waals surface area (Å²) in [6.07, 6.45) is 7.45. The second-order valence-corrected chi connectivity index (χ2v) is 6.74.